The molecule has 2 aromatic carbocycles. The van der Waals surface area contributed by atoms with Crippen molar-refractivity contribution in [2.75, 3.05) is 0 Å². The average molecular weight is 550 g/mol. The van der Waals surface area contributed by atoms with E-state index in [1.165, 1.54) is 5.56 Å². The van der Waals surface area contributed by atoms with Crippen LogP contribution in [0, 0.1) is 0 Å². The lowest BCUT2D eigenvalue weighted by Gasteiger charge is -2.10. The molecule has 0 N–H and O–H groups in total. The fourth-order valence-corrected chi connectivity index (χ4v) is 6.12. The first-order valence-electron chi connectivity index (χ1n) is 14.2. The summed E-state index contributed by atoms with van der Waals surface area (Å²) in [6, 6.07) is 18.5. The van der Waals surface area contributed by atoms with Gasteiger partial charge in [-0.1, -0.05) is 42.5 Å². The second-order valence-electron chi connectivity index (χ2n) is 11.5. The molecule has 1 unspecified atom stereocenters. The minimum absolute atomic E-state index is 0.195. The zero-order valence-corrected chi connectivity index (χ0v) is 22.9. The zero-order chi connectivity index (χ0) is 27.9. The quantitative estimate of drug-likeness (QED) is 0.224. The number of rotatable bonds is 7. The minimum Gasteiger partial charge on any atom is -0.330 e. The molecule has 8 rings (SSSR count). The van der Waals surface area contributed by atoms with Crippen molar-refractivity contribution in [2.24, 2.45) is 14.1 Å². The summed E-state index contributed by atoms with van der Waals surface area (Å²) in [5, 5.41) is 11.1. The van der Waals surface area contributed by atoms with Crippen molar-refractivity contribution in [1.29, 1.82) is 0 Å². The van der Waals surface area contributed by atoms with Gasteiger partial charge < -0.3 is 4.57 Å². The van der Waals surface area contributed by atoms with E-state index in [0.717, 1.165) is 59.0 Å². The number of hydrogen-bond donors (Lipinski definition) is 0. The third-order valence-corrected chi connectivity index (χ3v) is 8.46. The molecule has 0 radical (unpaired) electrons. The van der Waals surface area contributed by atoms with Crippen LogP contribution in [0.5, 0.6) is 0 Å². The van der Waals surface area contributed by atoms with Gasteiger partial charge in [0.2, 0.25) is 0 Å². The zero-order valence-electron chi connectivity index (χ0n) is 22.9. The SMILES string of the molecule is Cn1cc2cc(-c3nc(-c4cccc5nn(CCc6ccccc6)cc45)c(C4CC4)n3C)c(C3CC3(F)F)nc2n1. The van der Waals surface area contributed by atoms with Gasteiger partial charge in [-0.2, -0.15) is 10.2 Å². The molecule has 0 aliphatic heterocycles. The monoisotopic (exact) mass is 549 g/mol. The van der Waals surface area contributed by atoms with Gasteiger partial charge in [-0.15, -0.1) is 0 Å². The molecule has 2 saturated carbocycles. The number of benzene rings is 2. The summed E-state index contributed by atoms with van der Waals surface area (Å²) in [6.45, 7) is 0.775. The summed E-state index contributed by atoms with van der Waals surface area (Å²) < 4.78 is 34.6. The fraction of sp³-hybridized carbons (Fsp3) is 0.312. The summed E-state index contributed by atoms with van der Waals surface area (Å²) in [4.78, 5) is 9.87. The fourth-order valence-electron chi connectivity index (χ4n) is 6.12. The molecule has 0 spiro atoms. The Morgan fingerprint density at radius 3 is 2.49 bits per heavy atom. The van der Waals surface area contributed by atoms with E-state index in [4.69, 9.17) is 10.1 Å². The van der Waals surface area contributed by atoms with Gasteiger partial charge in [0.1, 0.15) is 5.82 Å². The molecule has 4 aromatic heterocycles. The van der Waals surface area contributed by atoms with Crippen LogP contribution in [0.15, 0.2) is 67.0 Å². The van der Waals surface area contributed by atoms with Crippen molar-refractivity contribution >= 4 is 21.9 Å². The van der Waals surface area contributed by atoms with Gasteiger partial charge in [0.05, 0.1) is 22.8 Å². The number of aromatic nitrogens is 7. The molecule has 2 aliphatic rings. The Kier molecular flexibility index (Phi) is 5.24. The highest BCUT2D eigenvalue weighted by Gasteiger charge is 2.59. The highest BCUT2D eigenvalue weighted by Crippen LogP contribution is 2.57. The molecule has 0 bridgehead atoms. The molecule has 4 heterocycles. The van der Waals surface area contributed by atoms with Crippen LogP contribution in [0.2, 0.25) is 0 Å². The Morgan fingerprint density at radius 1 is 0.927 bits per heavy atom. The van der Waals surface area contributed by atoms with E-state index >= 15 is 0 Å². The van der Waals surface area contributed by atoms with Crippen molar-refractivity contribution in [1.82, 2.24) is 34.1 Å². The topological polar surface area (TPSA) is 66.3 Å². The largest absolute Gasteiger partial charge is 0.330 e. The normalized spacial score (nSPS) is 18.0. The molecular weight excluding hydrogens is 520 g/mol. The number of nitrogens with zero attached hydrogens (tertiary/aromatic N) is 7. The van der Waals surface area contributed by atoms with E-state index in [0.29, 0.717) is 28.6 Å². The van der Waals surface area contributed by atoms with Gasteiger partial charge in [-0.3, -0.25) is 9.36 Å². The van der Waals surface area contributed by atoms with Crippen LogP contribution >= 0.6 is 0 Å². The summed E-state index contributed by atoms with van der Waals surface area (Å²) in [5.74, 6) is -2.61. The third kappa shape index (κ3) is 4.13. The van der Waals surface area contributed by atoms with Crippen LogP contribution in [0.3, 0.4) is 0 Å². The summed E-state index contributed by atoms with van der Waals surface area (Å²) in [5.41, 5.74) is 6.78. The Morgan fingerprint density at radius 2 is 1.73 bits per heavy atom. The second kappa shape index (κ2) is 8.80. The van der Waals surface area contributed by atoms with Gasteiger partial charge in [0.25, 0.3) is 5.92 Å². The van der Waals surface area contributed by atoms with E-state index in [2.05, 4.69) is 51.2 Å². The number of imidazole rings is 1. The second-order valence-corrected chi connectivity index (χ2v) is 11.5. The van der Waals surface area contributed by atoms with Crippen LogP contribution in [-0.4, -0.2) is 40.0 Å². The lowest BCUT2D eigenvalue weighted by Crippen LogP contribution is -2.04. The molecule has 7 nitrogen and oxygen atoms in total. The van der Waals surface area contributed by atoms with Gasteiger partial charge in [-0.05, 0) is 37.0 Å². The molecule has 2 aliphatic carbocycles. The lowest BCUT2D eigenvalue weighted by molar-refractivity contribution is 0.111. The molecule has 41 heavy (non-hydrogen) atoms. The van der Waals surface area contributed by atoms with Crippen molar-refractivity contribution in [3.63, 3.8) is 0 Å². The van der Waals surface area contributed by atoms with E-state index in [1.54, 1.807) is 4.68 Å². The Bertz CT molecular complexity index is 1950. The molecule has 0 amide bonds. The smallest absolute Gasteiger partial charge is 0.257 e. The van der Waals surface area contributed by atoms with E-state index in [-0.39, 0.29) is 6.42 Å². The molecule has 0 saturated heterocycles. The first-order chi connectivity index (χ1) is 19.9. The first kappa shape index (κ1) is 24.4. The van der Waals surface area contributed by atoms with Crippen molar-refractivity contribution in [3.05, 3.63) is 83.9 Å². The number of alkyl halides is 2. The average Bonchev–Trinajstić information content (AvgIpc) is 3.75. The number of hydrogen-bond acceptors (Lipinski definition) is 4. The first-order valence-corrected chi connectivity index (χ1v) is 14.2. The Hall–Kier alpha value is -4.40. The Balaban J connectivity index is 1.26. The number of fused-ring (bicyclic) bond motifs is 2. The van der Waals surface area contributed by atoms with Crippen LogP contribution in [-0.2, 0) is 27.1 Å². The standard InChI is InChI=1S/C32H29F2N7/c1-39-17-21-15-23(27(35-30(21)38-39)25-16-32(25,33)34)31-36-28(29(40(31)2)20-11-12-20)22-9-6-10-26-24(22)18-41(37-26)14-13-19-7-4-3-5-8-19/h3-10,15,17-18,20,25H,11-14,16H2,1-2H3. The number of aryl methyl sites for hydroxylation is 3. The molecular formula is C32H29F2N7. The summed E-state index contributed by atoms with van der Waals surface area (Å²) in [7, 11) is 3.82. The van der Waals surface area contributed by atoms with Crippen molar-refractivity contribution in [3.8, 4) is 22.6 Å². The molecule has 6 aromatic rings. The molecule has 206 valence electrons. The van der Waals surface area contributed by atoms with Crippen LogP contribution < -0.4 is 0 Å². The van der Waals surface area contributed by atoms with Gasteiger partial charge in [-0.25, -0.2) is 18.7 Å². The van der Waals surface area contributed by atoms with Crippen molar-refractivity contribution < 1.29 is 8.78 Å². The lowest BCUT2D eigenvalue weighted by atomic mass is 10.0. The molecule has 2 fully saturated rings. The summed E-state index contributed by atoms with van der Waals surface area (Å²) >= 11 is 0. The van der Waals surface area contributed by atoms with E-state index in [9.17, 15) is 8.78 Å². The van der Waals surface area contributed by atoms with Gasteiger partial charge >= 0.3 is 0 Å². The highest BCUT2D eigenvalue weighted by molar-refractivity contribution is 5.95. The van der Waals surface area contributed by atoms with Crippen LogP contribution in [0.1, 0.15) is 48.0 Å². The van der Waals surface area contributed by atoms with Crippen molar-refractivity contribution in [2.45, 2.75) is 50.0 Å². The van der Waals surface area contributed by atoms with Crippen LogP contribution in [0.25, 0.3) is 44.6 Å². The maximum atomic E-state index is 14.4. The molecule has 1 atom stereocenters. The van der Waals surface area contributed by atoms with Crippen LogP contribution in [0.4, 0.5) is 8.78 Å². The maximum absolute atomic E-state index is 14.4. The van der Waals surface area contributed by atoms with E-state index < -0.39 is 11.8 Å². The minimum atomic E-state index is -2.75. The predicted molar refractivity (Wildman–Crippen MR) is 154 cm³/mol. The summed E-state index contributed by atoms with van der Waals surface area (Å²) in [6.07, 6.45) is 6.86. The Labute approximate surface area is 235 Å². The maximum Gasteiger partial charge on any atom is 0.257 e. The predicted octanol–water partition coefficient (Wildman–Crippen LogP) is 6.63. The van der Waals surface area contributed by atoms with Gasteiger partial charge in [0.15, 0.2) is 5.65 Å². The number of pyridine rings is 1. The third-order valence-electron chi connectivity index (χ3n) is 8.46. The van der Waals surface area contributed by atoms with Gasteiger partial charge in [0, 0.05) is 73.0 Å². The van der Waals surface area contributed by atoms with E-state index in [1.807, 2.05) is 49.2 Å². The number of halogens is 2. The highest BCUT2D eigenvalue weighted by atomic mass is 19.3. The molecule has 9 heteroatoms.